The van der Waals surface area contributed by atoms with Crippen LogP contribution in [-0.2, 0) is 9.59 Å². The zero-order chi connectivity index (χ0) is 14.5. The molecule has 19 heavy (non-hydrogen) atoms. The van der Waals surface area contributed by atoms with Gasteiger partial charge in [0.2, 0.25) is 11.8 Å². The van der Waals surface area contributed by atoms with Gasteiger partial charge in [0.25, 0.3) is 0 Å². The van der Waals surface area contributed by atoms with Crippen molar-refractivity contribution in [1.29, 1.82) is 0 Å². The molecule has 0 radical (unpaired) electrons. The zero-order valence-corrected chi connectivity index (χ0v) is 12.5. The molecule has 0 bridgehead atoms. The Kier molecular flexibility index (Phi) is 5.75. The molecular formula is C13H26N4O2. The number of amides is 2. The van der Waals surface area contributed by atoms with E-state index in [-0.39, 0.29) is 11.8 Å². The summed E-state index contributed by atoms with van der Waals surface area (Å²) in [5.74, 6) is -0.256. The molecular weight excluding hydrogens is 244 g/mol. The monoisotopic (exact) mass is 270 g/mol. The van der Waals surface area contributed by atoms with Crippen LogP contribution in [0, 0.1) is 5.41 Å². The Morgan fingerprint density at radius 2 is 1.26 bits per heavy atom. The molecule has 0 spiro atoms. The Morgan fingerprint density at radius 3 is 1.53 bits per heavy atom. The summed E-state index contributed by atoms with van der Waals surface area (Å²) in [4.78, 5) is 28.1. The second kappa shape index (κ2) is 6.86. The molecule has 0 aromatic rings. The van der Waals surface area contributed by atoms with Crippen molar-refractivity contribution in [3.05, 3.63) is 0 Å². The fraction of sp³-hybridized carbons (Fsp3) is 0.846. The highest BCUT2D eigenvalue weighted by molar-refractivity contribution is 6.07. The van der Waals surface area contributed by atoms with E-state index in [4.69, 9.17) is 0 Å². The van der Waals surface area contributed by atoms with Crippen molar-refractivity contribution in [2.75, 3.05) is 54.4 Å². The number of carbonyl (C=O) groups excluding carboxylic acids is 2. The van der Waals surface area contributed by atoms with Crippen LogP contribution in [0.3, 0.4) is 0 Å². The lowest BCUT2D eigenvalue weighted by Crippen LogP contribution is -2.45. The van der Waals surface area contributed by atoms with Gasteiger partial charge in [0, 0.05) is 26.2 Å². The predicted molar refractivity (Wildman–Crippen MR) is 74.8 cm³/mol. The van der Waals surface area contributed by atoms with Crippen LogP contribution in [0.1, 0.15) is 12.8 Å². The quantitative estimate of drug-likeness (QED) is 0.562. The largest absolute Gasteiger partial charge is 0.354 e. The van der Waals surface area contributed by atoms with Crippen LogP contribution >= 0.6 is 0 Å². The van der Waals surface area contributed by atoms with E-state index in [2.05, 4.69) is 10.6 Å². The summed E-state index contributed by atoms with van der Waals surface area (Å²) < 4.78 is 0. The molecule has 1 fully saturated rings. The Balaban J connectivity index is 2.34. The minimum atomic E-state index is -0.793. The summed E-state index contributed by atoms with van der Waals surface area (Å²) >= 11 is 0. The van der Waals surface area contributed by atoms with Crippen molar-refractivity contribution in [1.82, 2.24) is 20.4 Å². The molecule has 1 saturated carbocycles. The summed E-state index contributed by atoms with van der Waals surface area (Å²) in [6.45, 7) is 2.73. The van der Waals surface area contributed by atoms with Gasteiger partial charge in [-0.1, -0.05) is 0 Å². The lowest BCUT2D eigenvalue weighted by molar-refractivity contribution is -0.137. The number of hydrogen-bond acceptors (Lipinski definition) is 4. The SMILES string of the molecule is CN(C)CCNC(=O)C1(C(=O)NCCN(C)C)CC1. The molecule has 1 aliphatic rings. The second-order valence-corrected chi connectivity index (χ2v) is 5.70. The van der Waals surface area contributed by atoms with Gasteiger partial charge < -0.3 is 20.4 Å². The predicted octanol–water partition coefficient (Wildman–Crippen LogP) is -0.878. The normalized spacial score (nSPS) is 16.5. The van der Waals surface area contributed by atoms with E-state index in [0.29, 0.717) is 25.9 Å². The first-order valence-corrected chi connectivity index (χ1v) is 6.74. The molecule has 0 aliphatic heterocycles. The fourth-order valence-corrected chi connectivity index (χ4v) is 1.81. The third kappa shape index (κ3) is 4.80. The van der Waals surface area contributed by atoms with Gasteiger partial charge in [-0.3, -0.25) is 9.59 Å². The summed E-state index contributed by atoms with van der Waals surface area (Å²) in [5, 5.41) is 5.69. The van der Waals surface area contributed by atoms with Gasteiger partial charge in [0.05, 0.1) is 0 Å². The first-order valence-electron chi connectivity index (χ1n) is 6.74. The lowest BCUT2D eigenvalue weighted by atomic mass is 10.1. The number of nitrogens with one attached hydrogen (secondary N) is 2. The van der Waals surface area contributed by atoms with Crippen molar-refractivity contribution < 1.29 is 9.59 Å². The highest BCUT2D eigenvalue weighted by Gasteiger charge is 2.56. The number of nitrogens with zero attached hydrogens (tertiary/aromatic N) is 2. The van der Waals surface area contributed by atoms with Crippen LogP contribution in [0.25, 0.3) is 0 Å². The topological polar surface area (TPSA) is 64.7 Å². The van der Waals surface area contributed by atoms with Crippen LogP contribution in [-0.4, -0.2) is 76.0 Å². The average Bonchev–Trinajstić information content (AvgIpc) is 3.08. The average molecular weight is 270 g/mol. The van der Waals surface area contributed by atoms with E-state index in [0.717, 1.165) is 13.1 Å². The highest BCUT2D eigenvalue weighted by Crippen LogP contribution is 2.46. The molecule has 2 amide bonds. The van der Waals surface area contributed by atoms with Gasteiger partial charge in [0.15, 0.2) is 0 Å². The van der Waals surface area contributed by atoms with Crippen molar-refractivity contribution in [3.63, 3.8) is 0 Å². The Hall–Kier alpha value is -1.14. The third-order valence-electron chi connectivity index (χ3n) is 3.31. The summed E-state index contributed by atoms with van der Waals surface area (Å²) in [7, 11) is 7.81. The van der Waals surface area contributed by atoms with Crippen LogP contribution in [0.4, 0.5) is 0 Å². The zero-order valence-electron chi connectivity index (χ0n) is 12.5. The summed E-state index contributed by atoms with van der Waals surface area (Å²) in [5.41, 5.74) is -0.793. The smallest absolute Gasteiger partial charge is 0.235 e. The third-order valence-corrected chi connectivity index (χ3v) is 3.31. The first kappa shape index (κ1) is 15.9. The molecule has 0 unspecified atom stereocenters. The van der Waals surface area contributed by atoms with Gasteiger partial charge >= 0.3 is 0 Å². The van der Waals surface area contributed by atoms with Crippen molar-refractivity contribution in [2.24, 2.45) is 5.41 Å². The second-order valence-electron chi connectivity index (χ2n) is 5.70. The molecule has 110 valence electrons. The standard InChI is InChI=1S/C13H26N4O2/c1-16(2)9-7-14-11(18)13(5-6-13)12(19)15-8-10-17(3)4/h5-10H2,1-4H3,(H,14,18)(H,15,19). The molecule has 6 heteroatoms. The molecule has 1 rings (SSSR count). The molecule has 0 aromatic heterocycles. The molecule has 1 aliphatic carbocycles. The number of carbonyl (C=O) groups is 2. The van der Waals surface area contributed by atoms with Gasteiger partial charge in [-0.15, -0.1) is 0 Å². The fourth-order valence-electron chi connectivity index (χ4n) is 1.81. The molecule has 0 aromatic carbocycles. The summed E-state index contributed by atoms with van der Waals surface area (Å²) in [6.07, 6.45) is 1.32. The minimum Gasteiger partial charge on any atom is -0.354 e. The minimum absolute atomic E-state index is 0.128. The van der Waals surface area contributed by atoms with Gasteiger partial charge in [-0.25, -0.2) is 0 Å². The van der Waals surface area contributed by atoms with E-state index in [1.54, 1.807) is 0 Å². The first-order chi connectivity index (χ1) is 8.88. The summed E-state index contributed by atoms with van der Waals surface area (Å²) in [6, 6.07) is 0. The van der Waals surface area contributed by atoms with Crippen LogP contribution in [0.2, 0.25) is 0 Å². The highest BCUT2D eigenvalue weighted by atomic mass is 16.2. The van der Waals surface area contributed by atoms with Crippen molar-refractivity contribution >= 4 is 11.8 Å². The van der Waals surface area contributed by atoms with Crippen LogP contribution in [0.5, 0.6) is 0 Å². The van der Waals surface area contributed by atoms with E-state index in [9.17, 15) is 9.59 Å². The Labute approximate surface area is 115 Å². The van der Waals surface area contributed by atoms with Crippen molar-refractivity contribution in [2.45, 2.75) is 12.8 Å². The maximum atomic E-state index is 12.0. The molecule has 0 saturated heterocycles. The number of rotatable bonds is 8. The maximum absolute atomic E-state index is 12.0. The molecule has 0 heterocycles. The number of hydrogen-bond donors (Lipinski definition) is 2. The van der Waals surface area contributed by atoms with E-state index in [1.807, 2.05) is 38.0 Å². The van der Waals surface area contributed by atoms with Crippen LogP contribution in [0.15, 0.2) is 0 Å². The maximum Gasteiger partial charge on any atom is 0.235 e. The molecule has 2 N–H and O–H groups in total. The van der Waals surface area contributed by atoms with Gasteiger partial charge in [0.1, 0.15) is 5.41 Å². The molecule has 0 atom stereocenters. The van der Waals surface area contributed by atoms with Crippen molar-refractivity contribution in [3.8, 4) is 0 Å². The van der Waals surface area contributed by atoms with E-state index < -0.39 is 5.41 Å². The molecule has 6 nitrogen and oxygen atoms in total. The van der Waals surface area contributed by atoms with Gasteiger partial charge in [-0.05, 0) is 41.0 Å². The van der Waals surface area contributed by atoms with E-state index >= 15 is 0 Å². The van der Waals surface area contributed by atoms with Gasteiger partial charge in [-0.2, -0.15) is 0 Å². The van der Waals surface area contributed by atoms with E-state index in [1.165, 1.54) is 0 Å². The Morgan fingerprint density at radius 1 is 0.895 bits per heavy atom. The van der Waals surface area contributed by atoms with Crippen LogP contribution < -0.4 is 10.6 Å². The lowest BCUT2D eigenvalue weighted by Gasteiger charge is -2.17. The Bertz CT molecular complexity index is 297. The number of likely N-dealkylation sites (N-methyl/N-ethyl adjacent to an activating group) is 2.